The van der Waals surface area contributed by atoms with Crippen molar-refractivity contribution in [1.29, 1.82) is 0 Å². The third kappa shape index (κ3) is 64.5. The smallest absolute Gasteiger partial charge is 0.462 e. The average Bonchev–Trinajstić information content (AvgIpc) is 2.05. The quantitative estimate of drug-likeness (QED) is 0.0222. The van der Waals surface area contributed by atoms with E-state index in [9.17, 15) is 43.2 Å². The highest BCUT2D eigenvalue weighted by atomic mass is 31.2. The van der Waals surface area contributed by atoms with Crippen LogP contribution in [0.4, 0.5) is 0 Å². The molecule has 0 aromatic heterocycles. The largest absolute Gasteiger partial charge is 0.472 e. The monoisotopic (exact) mass is 1370 g/mol. The van der Waals surface area contributed by atoms with Crippen molar-refractivity contribution in [1.82, 2.24) is 0 Å². The molecule has 0 bridgehead atoms. The molecule has 0 aliphatic heterocycles. The van der Waals surface area contributed by atoms with E-state index < -0.39 is 97.5 Å². The Balaban J connectivity index is 5.24. The normalized spacial score (nSPS) is 15.1. The predicted octanol–water partition coefficient (Wildman–Crippen LogP) is 21.3. The van der Waals surface area contributed by atoms with Crippen LogP contribution in [0.5, 0.6) is 0 Å². The highest BCUT2D eigenvalue weighted by Crippen LogP contribution is 2.45. The molecule has 0 radical (unpaired) electrons. The van der Waals surface area contributed by atoms with Crippen molar-refractivity contribution in [2.45, 2.75) is 388 Å². The Labute approximate surface area is 568 Å². The number of rotatable bonds is 71. The minimum atomic E-state index is -4.96. The lowest BCUT2D eigenvalue weighted by molar-refractivity contribution is -0.161. The molecule has 0 rings (SSSR count). The van der Waals surface area contributed by atoms with Crippen LogP contribution in [0.3, 0.4) is 0 Å². The maximum Gasteiger partial charge on any atom is 0.472 e. The van der Waals surface area contributed by atoms with E-state index >= 15 is 0 Å². The van der Waals surface area contributed by atoms with Crippen LogP contribution in [0.25, 0.3) is 0 Å². The summed E-state index contributed by atoms with van der Waals surface area (Å²) in [5, 5.41) is 10.6. The second-order valence-electron chi connectivity index (χ2n) is 27.9. The van der Waals surface area contributed by atoms with Gasteiger partial charge in [0.25, 0.3) is 0 Å². The van der Waals surface area contributed by atoms with Crippen molar-refractivity contribution in [3.8, 4) is 0 Å². The average molecular weight is 1370 g/mol. The third-order valence-corrected chi connectivity index (χ3v) is 20.1. The molecule has 6 unspecified atom stereocenters. The molecule has 93 heavy (non-hydrogen) atoms. The second-order valence-corrected chi connectivity index (χ2v) is 30.8. The van der Waals surface area contributed by atoms with Gasteiger partial charge in [0.1, 0.15) is 19.3 Å². The first-order valence-electron chi connectivity index (χ1n) is 38.3. The zero-order chi connectivity index (χ0) is 68.9. The first kappa shape index (κ1) is 91.1. The third-order valence-electron chi connectivity index (χ3n) is 18.2. The number of carbonyl (C=O) groups is 4. The standard InChI is InChI=1S/C74H144O17P2/c1-9-65(6)51-43-35-27-18-16-14-12-13-15-17-19-30-38-46-54-71(76)84-60-69(90-73(78)56-48-40-32-24-21-28-36-44-52-66(7)10-2)62-88-92(80,81)86-58-68(75)59-87-93(82,83)89-63-70(61-85-72(77)55-47-39-31-23-20-26-34-42-50-64(4)5)91-74(79)57-49-41-33-25-22-29-37-45-53-67(8)11-3/h64-70,75H,9-63H2,1-8H3,(H,80,81)(H,82,83)/t65?,66?,67?,68?,69-,70-/m1/s1. The van der Waals surface area contributed by atoms with Gasteiger partial charge in [-0.15, -0.1) is 0 Å². The van der Waals surface area contributed by atoms with Crippen molar-refractivity contribution >= 4 is 39.5 Å². The maximum atomic E-state index is 13.1. The number of phosphoric acid groups is 2. The van der Waals surface area contributed by atoms with E-state index in [-0.39, 0.29) is 25.7 Å². The zero-order valence-electron chi connectivity index (χ0n) is 60.9. The summed E-state index contributed by atoms with van der Waals surface area (Å²) in [6.45, 7) is 14.2. The van der Waals surface area contributed by atoms with Crippen molar-refractivity contribution in [2.24, 2.45) is 23.7 Å². The molecule has 19 heteroatoms. The minimum Gasteiger partial charge on any atom is -0.462 e. The molecule has 0 spiro atoms. The van der Waals surface area contributed by atoms with Crippen molar-refractivity contribution in [3.63, 3.8) is 0 Å². The van der Waals surface area contributed by atoms with Crippen LogP contribution < -0.4 is 0 Å². The van der Waals surface area contributed by atoms with E-state index in [0.29, 0.717) is 25.7 Å². The lowest BCUT2D eigenvalue weighted by Crippen LogP contribution is -2.30. The van der Waals surface area contributed by atoms with Crippen LogP contribution in [0.15, 0.2) is 0 Å². The summed E-state index contributed by atoms with van der Waals surface area (Å²) < 4.78 is 68.4. The Hall–Kier alpha value is -1.94. The van der Waals surface area contributed by atoms with Crippen LogP contribution in [-0.2, 0) is 65.4 Å². The van der Waals surface area contributed by atoms with Crippen molar-refractivity contribution in [2.75, 3.05) is 39.6 Å². The second kappa shape index (κ2) is 63.5. The molecule has 552 valence electrons. The van der Waals surface area contributed by atoms with E-state index in [1.807, 2.05) is 0 Å². The number of carbonyl (C=O) groups excluding carboxylic acids is 4. The van der Waals surface area contributed by atoms with Gasteiger partial charge in [-0.25, -0.2) is 9.13 Å². The number of aliphatic hydroxyl groups excluding tert-OH is 1. The fourth-order valence-electron chi connectivity index (χ4n) is 11.1. The molecule has 0 saturated carbocycles. The molecule has 0 aliphatic carbocycles. The van der Waals surface area contributed by atoms with E-state index in [1.165, 1.54) is 173 Å². The summed E-state index contributed by atoms with van der Waals surface area (Å²) in [4.78, 5) is 72.7. The first-order chi connectivity index (χ1) is 44.7. The Kier molecular flexibility index (Phi) is 62.2. The van der Waals surface area contributed by atoms with Crippen LogP contribution in [0.1, 0.15) is 370 Å². The summed E-state index contributed by atoms with van der Waals surface area (Å²) in [7, 11) is -9.91. The summed E-state index contributed by atoms with van der Waals surface area (Å²) in [5.74, 6) is 0.989. The van der Waals surface area contributed by atoms with E-state index in [2.05, 4.69) is 55.4 Å². The fraction of sp³-hybridized carbons (Fsp3) is 0.946. The van der Waals surface area contributed by atoms with Crippen LogP contribution in [0.2, 0.25) is 0 Å². The summed E-state index contributed by atoms with van der Waals surface area (Å²) in [5.41, 5.74) is 0. The summed E-state index contributed by atoms with van der Waals surface area (Å²) in [6, 6.07) is 0. The van der Waals surface area contributed by atoms with Crippen molar-refractivity contribution < 1.29 is 80.2 Å². The highest BCUT2D eigenvalue weighted by molar-refractivity contribution is 7.47. The fourth-order valence-corrected chi connectivity index (χ4v) is 12.7. The van der Waals surface area contributed by atoms with Crippen LogP contribution in [-0.4, -0.2) is 96.7 Å². The zero-order valence-corrected chi connectivity index (χ0v) is 62.7. The molecule has 0 fully saturated rings. The number of esters is 4. The van der Waals surface area contributed by atoms with Gasteiger partial charge >= 0.3 is 39.5 Å². The SMILES string of the molecule is CCC(C)CCCCCCCCCCCCCCCCC(=O)OC[C@H](COP(=O)(O)OCC(O)COP(=O)(O)OC[C@@H](COC(=O)CCCCCCCCCCC(C)C)OC(=O)CCCCCCCCCCC(C)CC)OC(=O)CCCCCCCCCCC(C)CC. The molecule has 8 atom stereocenters. The molecule has 17 nitrogen and oxygen atoms in total. The molecule has 0 heterocycles. The van der Waals surface area contributed by atoms with Gasteiger partial charge in [0.2, 0.25) is 0 Å². The van der Waals surface area contributed by atoms with Gasteiger partial charge in [-0.2, -0.15) is 0 Å². The Bertz CT molecular complexity index is 1840. The number of ether oxygens (including phenoxy) is 4. The molecule has 3 N–H and O–H groups in total. The summed E-state index contributed by atoms with van der Waals surface area (Å²) >= 11 is 0. The lowest BCUT2D eigenvalue weighted by atomic mass is 9.99. The Morgan fingerprint density at radius 1 is 0.301 bits per heavy atom. The van der Waals surface area contributed by atoms with E-state index in [1.54, 1.807) is 0 Å². The van der Waals surface area contributed by atoms with E-state index in [0.717, 1.165) is 114 Å². The topological polar surface area (TPSA) is 237 Å². The van der Waals surface area contributed by atoms with Gasteiger partial charge in [-0.05, 0) is 49.4 Å². The van der Waals surface area contributed by atoms with Gasteiger partial charge in [0.15, 0.2) is 12.2 Å². The summed E-state index contributed by atoms with van der Waals surface area (Å²) in [6.07, 6.45) is 47.1. The van der Waals surface area contributed by atoms with Gasteiger partial charge in [-0.3, -0.25) is 37.3 Å². The number of unbranched alkanes of at least 4 members (excludes halogenated alkanes) is 34. The number of aliphatic hydroxyl groups is 1. The predicted molar refractivity (Wildman–Crippen MR) is 377 cm³/mol. The highest BCUT2D eigenvalue weighted by Gasteiger charge is 2.30. The van der Waals surface area contributed by atoms with Gasteiger partial charge in [0, 0.05) is 25.7 Å². The molecule has 0 aromatic rings. The maximum absolute atomic E-state index is 13.1. The first-order valence-corrected chi connectivity index (χ1v) is 41.3. The van der Waals surface area contributed by atoms with Crippen LogP contribution >= 0.6 is 15.6 Å². The minimum absolute atomic E-state index is 0.104. The molecule has 0 saturated heterocycles. The molecular formula is C74H144O17P2. The number of phosphoric ester groups is 2. The lowest BCUT2D eigenvalue weighted by Gasteiger charge is -2.21. The number of hydrogen-bond acceptors (Lipinski definition) is 15. The molecule has 0 aliphatic rings. The van der Waals surface area contributed by atoms with Gasteiger partial charge in [0.05, 0.1) is 26.4 Å². The molecular weight excluding hydrogens is 1220 g/mol. The Morgan fingerprint density at radius 3 is 0.763 bits per heavy atom. The molecule has 0 aromatic carbocycles. The number of hydrogen-bond donors (Lipinski definition) is 3. The van der Waals surface area contributed by atoms with E-state index in [4.69, 9.17) is 37.0 Å². The Morgan fingerprint density at radius 2 is 0.516 bits per heavy atom. The van der Waals surface area contributed by atoms with Crippen molar-refractivity contribution in [3.05, 3.63) is 0 Å². The molecule has 0 amide bonds. The van der Waals surface area contributed by atoms with Gasteiger partial charge < -0.3 is 33.8 Å². The van der Waals surface area contributed by atoms with Crippen LogP contribution in [0, 0.1) is 23.7 Å². The van der Waals surface area contributed by atoms with Gasteiger partial charge in [-0.1, -0.05) is 319 Å².